The van der Waals surface area contributed by atoms with Gasteiger partial charge in [-0.3, -0.25) is 4.79 Å². The van der Waals surface area contributed by atoms with Crippen LogP contribution in [-0.2, 0) is 9.53 Å². The van der Waals surface area contributed by atoms with Gasteiger partial charge in [-0.05, 0) is 6.92 Å². The normalized spacial score (nSPS) is 19.4. The largest absolute Gasteiger partial charge is 0.481 e. The van der Waals surface area contributed by atoms with Crippen LogP contribution in [0.4, 0.5) is 0 Å². The molecule has 17 heavy (non-hydrogen) atoms. The molecule has 0 amide bonds. The molecule has 0 aliphatic carbocycles. The number of hydrogen-bond acceptors (Lipinski definition) is 3. The van der Waals surface area contributed by atoms with Crippen LogP contribution in [0.5, 0.6) is 0 Å². The van der Waals surface area contributed by atoms with Gasteiger partial charge >= 0.3 is 5.97 Å². The highest BCUT2D eigenvalue weighted by Crippen LogP contribution is 2.35. The van der Waals surface area contributed by atoms with Crippen LogP contribution >= 0.6 is 0 Å². The molecule has 2 rings (SSSR count). The van der Waals surface area contributed by atoms with Crippen LogP contribution < -0.4 is 0 Å². The molecule has 0 aromatic heterocycles. The first-order chi connectivity index (χ1) is 8.09. The Labute approximate surface area is 100 Å². The molecular formula is C13H15NO3. The van der Waals surface area contributed by atoms with Crippen molar-refractivity contribution in [3.8, 4) is 0 Å². The zero-order valence-electron chi connectivity index (χ0n) is 9.88. The molecule has 4 heteroatoms. The molecule has 1 atom stereocenters. The van der Waals surface area contributed by atoms with Gasteiger partial charge in [0.25, 0.3) is 0 Å². The van der Waals surface area contributed by atoms with Gasteiger partial charge in [-0.2, -0.15) is 0 Å². The predicted molar refractivity (Wildman–Crippen MR) is 63.0 cm³/mol. The van der Waals surface area contributed by atoms with Gasteiger partial charge in [-0.25, -0.2) is 0 Å². The minimum absolute atomic E-state index is 0.00827. The molecule has 1 aromatic carbocycles. The predicted octanol–water partition coefficient (Wildman–Crippen LogP) is 2.35. The van der Waals surface area contributed by atoms with E-state index in [0.29, 0.717) is 5.76 Å². The molecule has 0 radical (unpaired) electrons. The van der Waals surface area contributed by atoms with Crippen molar-refractivity contribution in [1.29, 1.82) is 0 Å². The molecule has 90 valence electrons. The Balaban J connectivity index is 2.20. The van der Waals surface area contributed by atoms with Gasteiger partial charge < -0.3 is 14.7 Å². The van der Waals surface area contributed by atoms with E-state index in [9.17, 15) is 4.79 Å². The van der Waals surface area contributed by atoms with Crippen LogP contribution in [0.2, 0.25) is 0 Å². The Morgan fingerprint density at radius 1 is 1.41 bits per heavy atom. The van der Waals surface area contributed by atoms with Crippen molar-refractivity contribution < 1.29 is 14.6 Å². The second-order valence-corrected chi connectivity index (χ2v) is 4.07. The van der Waals surface area contributed by atoms with Crippen LogP contribution in [0, 0.1) is 0 Å². The highest BCUT2D eigenvalue weighted by molar-refractivity contribution is 5.70. The van der Waals surface area contributed by atoms with Crippen molar-refractivity contribution in [1.82, 2.24) is 4.90 Å². The van der Waals surface area contributed by atoms with Crippen LogP contribution in [0.3, 0.4) is 0 Å². The van der Waals surface area contributed by atoms with Crippen LogP contribution in [0.1, 0.15) is 25.1 Å². The van der Waals surface area contributed by atoms with E-state index in [1.807, 2.05) is 42.3 Å². The number of carboxylic acids is 1. The second-order valence-electron chi connectivity index (χ2n) is 4.07. The van der Waals surface area contributed by atoms with E-state index in [0.717, 1.165) is 11.3 Å². The molecule has 1 heterocycles. The maximum absolute atomic E-state index is 10.8. The second kappa shape index (κ2) is 4.49. The van der Waals surface area contributed by atoms with E-state index < -0.39 is 5.97 Å². The number of allylic oxidation sites excluding steroid dienone is 1. The number of nitrogens with zero attached hydrogens (tertiary/aromatic N) is 1. The van der Waals surface area contributed by atoms with E-state index in [2.05, 4.69) is 0 Å². The molecule has 1 aliphatic rings. The zero-order chi connectivity index (χ0) is 12.4. The first-order valence-electron chi connectivity index (χ1n) is 5.45. The summed E-state index contributed by atoms with van der Waals surface area (Å²) in [5.41, 5.74) is 1.75. The van der Waals surface area contributed by atoms with Gasteiger partial charge in [0.1, 0.15) is 5.76 Å². The highest BCUT2D eigenvalue weighted by Gasteiger charge is 2.30. The fourth-order valence-electron chi connectivity index (χ4n) is 2.01. The summed E-state index contributed by atoms with van der Waals surface area (Å²) in [5.74, 6) is -0.160. The number of benzene rings is 1. The molecule has 1 unspecified atom stereocenters. The maximum atomic E-state index is 10.8. The molecule has 1 N–H and O–H groups in total. The number of ether oxygens (including phenoxy) is 1. The lowest BCUT2D eigenvalue weighted by molar-refractivity contribution is -0.136. The maximum Gasteiger partial charge on any atom is 0.309 e. The molecule has 0 spiro atoms. The van der Waals surface area contributed by atoms with Gasteiger partial charge in [-0.15, -0.1) is 0 Å². The Kier molecular flexibility index (Phi) is 3.04. The summed E-state index contributed by atoms with van der Waals surface area (Å²) in [6, 6.07) is 9.77. The van der Waals surface area contributed by atoms with E-state index in [4.69, 9.17) is 9.84 Å². The van der Waals surface area contributed by atoms with Crippen LogP contribution in [-0.4, -0.2) is 23.0 Å². The minimum atomic E-state index is -0.844. The molecular weight excluding hydrogens is 218 g/mol. The monoisotopic (exact) mass is 233 g/mol. The van der Waals surface area contributed by atoms with Crippen molar-refractivity contribution in [3.05, 3.63) is 47.4 Å². The minimum Gasteiger partial charge on any atom is -0.481 e. The molecule has 1 aliphatic heterocycles. The first kappa shape index (κ1) is 11.5. The van der Waals surface area contributed by atoms with E-state index in [1.165, 1.54) is 0 Å². The SMILES string of the molecule is CC1=C(CC(=O)O)N(C)C(c2ccccc2)O1. The van der Waals surface area contributed by atoms with Gasteiger partial charge in [0.15, 0.2) is 6.23 Å². The van der Waals surface area contributed by atoms with Gasteiger partial charge in [-0.1, -0.05) is 30.3 Å². The van der Waals surface area contributed by atoms with Gasteiger partial charge in [0, 0.05) is 12.6 Å². The topological polar surface area (TPSA) is 49.8 Å². The number of aliphatic carboxylic acids is 1. The average Bonchev–Trinajstić information content (AvgIpc) is 2.58. The highest BCUT2D eigenvalue weighted by atomic mass is 16.5. The smallest absolute Gasteiger partial charge is 0.309 e. The van der Waals surface area contributed by atoms with E-state index >= 15 is 0 Å². The third-order valence-corrected chi connectivity index (χ3v) is 2.88. The summed E-state index contributed by atoms with van der Waals surface area (Å²) in [6.45, 7) is 1.80. The van der Waals surface area contributed by atoms with Crippen molar-refractivity contribution in [2.75, 3.05) is 7.05 Å². The lowest BCUT2D eigenvalue weighted by atomic mass is 10.2. The first-order valence-corrected chi connectivity index (χ1v) is 5.45. The Morgan fingerprint density at radius 3 is 2.65 bits per heavy atom. The van der Waals surface area contributed by atoms with Crippen LogP contribution in [0.25, 0.3) is 0 Å². The molecule has 4 nitrogen and oxygen atoms in total. The van der Waals surface area contributed by atoms with Gasteiger partial charge in [0.05, 0.1) is 12.1 Å². The fraction of sp³-hybridized carbons (Fsp3) is 0.308. The Hall–Kier alpha value is -1.97. The molecule has 0 fully saturated rings. The summed E-state index contributed by atoms with van der Waals surface area (Å²) in [6.07, 6.45) is -0.225. The molecule has 1 aromatic rings. The summed E-state index contributed by atoms with van der Waals surface area (Å²) in [7, 11) is 1.85. The van der Waals surface area contributed by atoms with Crippen molar-refractivity contribution >= 4 is 5.97 Å². The Morgan fingerprint density at radius 2 is 2.06 bits per heavy atom. The summed E-state index contributed by atoms with van der Waals surface area (Å²) in [4.78, 5) is 12.6. The average molecular weight is 233 g/mol. The standard InChI is InChI=1S/C13H15NO3/c1-9-11(8-12(15)16)14(2)13(17-9)10-6-4-3-5-7-10/h3-7,13H,8H2,1-2H3,(H,15,16). The third-order valence-electron chi connectivity index (χ3n) is 2.88. The van der Waals surface area contributed by atoms with E-state index in [1.54, 1.807) is 6.92 Å². The molecule has 0 bridgehead atoms. The Bertz CT molecular complexity index is 453. The number of carboxylic acid groups (broad SMARTS) is 1. The number of carbonyl (C=O) groups is 1. The number of rotatable bonds is 3. The quantitative estimate of drug-likeness (QED) is 0.870. The lowest BCUT2D eigenvalue weighted by Crippen LogP contribution is -2.20. The van der Waals surface area contributed by atoms with Crippen molar-refractivity contribution in [2.45, 2.75) is 19.6 Å². The van der Waals surface area contributed by atoms with Crippen molar-refractivity contribution in [3.63, 3.8) is 0 Å². The van der Waals surface area contributed by atoms with E-state index in [-0.39, 0.29) is 12.6 Å². The number of hydrogen-bond donors (Lipinski definition) is 1. The van der Waals surface area contributed by atoms with Gasteiger partial charge in [0.2, 0.25) is 0 Å². The van der Waals surface area contributed by atoms with Crippen molar-refractivity contribution in [2.24, 2.45) is 0 Å². The third kappa shape index (κ3) is 2.25. The lowest BCUT2D eigenvalue weighted by Gasteiger charge is -2.22. The zero-order valence-corrected chi connectivity index (χ0v) is 9.88. The molecule has 0 saturated heterocycles. The summed E-state index contributed by atoms with van der Waals surface area (Å²) >= 11 is 0. The van der Waals surface area contributed by atoms with Crippen LogP contribution in [0.15, 0.2) is 41.8 Å². The summed E-state index contributed by atoms with van der Waals surface area (Å²) < 4.78 is 5.72. The molecule has 0 saturated carbocycles. The summed E-state index contributed by atoms with van der Waals surface area (Å²) in [5, 5.41) is 8.85. The fourth-order valence-corrected chi connectivity index (χ4v) is 2.01.